The maximum atomic E-state index is 12.2. The summed E-state index contributed by atoms with van der Waals surface area (Å²) in [6.45, 7) is 0. The van der Waals surface area contributed by atoms with Crippen molar-refractivity contribution in [1.82, 2.24) is 0 Å². The van der Waals surface area contributed by atoms with Gasteiger partial charge in [-0.15, -0.1) is 0 Å². The Kier molecular flexibility index (Phi) is 9.63. The number of hydrogen-bond donors (Lipinski definition) is 30. The number of aromatic hydroxyl groups is 30. The highest BCUT2D eigenvalue weighted by Gasteiger charge is 2.42. The maximum Gasteiger partial charge on any atom is 0.205 e. The number of hydrogen-bond acceptors (Lipinski definition) is 31. The average Bonchev–Trinajstić information content (AvgIpc) is 3.34. The fourth-order valence-electron chi connectivity index (χ4n) is 10.5. The molecule has 0 saturated carbocycles. The molecule has 10 aromatic carbocycles. The van der Waals surface area contributed by atoms with Gasteiger partial charge in [0.15, 0.2) is 115 Å². The molecule has 1 aromatic heterocycles. The van der Waals surface area contributed by atoms with Crippen LogP contribution in [0.2, 0.25) is 0 Å². The lowest BCUT2D eigenvalue weighted by molar-refractivity contribution is 0.349. The summed E-state index contributed by atoms with van der Waals surface area (Å²) < 4.78 is 5.58. The average molecular weight is 1130 g/mol. The van der Waals surface area contributed by atoms with Gasteiger partial charge in [0.1, 0.15) is 5.75 Å². The summed E-state index contributed by atoms with van der Waals surface area (Å²) in [5.41, 5.74) is -11.6. The molecule has 416 valence electrons. The smallest absolute Gasteiger partial charge is 0.205 e. The van der Waals surface area contributed by atoms with Crippen LogP contribution in [-0.2, 0) is 0 Å². The third kappa shape index (κ3) is 5.55. The van der Waals surface area contributed by atoms with E-state index in [2.05, 4.69) is 0 Å². The Hall–Kier alpha value is -12.7. The van der Waals surface area contributed by atoms with E-state index in [0.29, 0.717) is 0 Å². The summed E-state index contributed by atoms with van der Waals surface area (Å²) in [6.07, 6.45) is 0. The zero-order chi connectivity index (χ0) is 59.6. The third-order valence-corrected chi connectivity index (χ3v) is 14.1. The van der Waals surface area contributed by atoms with Crippen LogP contribution in [0.4, 0.5) is 0 Å². The Morgan fingerprint density at radius 3 is 0.691 bits per heavy atom. The zero-order valence-electron chi connectivity index (χ0n) is 38.8. The van der Waals surface area contributed by atoms with E-state index in [0.717, 1.165) is 0 Å². The molecule has 1 heterocycles. The summed E-state index contributed by atoms with van der Waals surface area (Å²) in [5.74, 6) is -51.3. The largest absolute Gasteiger partial charge is 0.506 e. The van der Waals surface area contributed by atoms with Gasteiger partial charge in [-0.25, -0.2) is 0 Å². The van der Waals surface area contributed by atoms with Crippen LogP contribution in [0.3, 0.4) is 0 Å². The Bertz CT molecular complexity index is 4810. The molecule has 11 aromatic rings. The van der Waals surface area contributed by atoms with Gasteiger partial charge in [-0.05, 0) is 0 Å². The van der Waals surface area contributed by atoms with Gasteiger partial charge in [0, 0.05) is 60.0 Å². The van der Waals surface area contributed by atoms with Gasteiger partial charge in [0.2, 0.25) is 63.2 Å². The van der Waals surface area contributed by atoms with Gasteiger partial charge in [0.05, 0.1) is 38.1 Å². The lowest BCUT2D eigenvalue weighted by atomic mass is 9.81. The first-order chi connectivity index (χ1) is 37.8. The number of furan rings is 1. The quantitative estimate of drug-likeness (QED) is 0.0448. The van der Waals surface area contributed by atoms with Crippen molar-refractivity contribution in [2.24, 2.45) is 0 Å². The van der Waals surface area contributed by atoms with Crippen molar-refractivity contribution in [2.75, 3.05) is 0 Å². The van der Waals surface area contributed by atoms with Crippen LogP contribution in [0.15, 0.2) is 4.42 Å². The fraction of sp³-hybridized carbons (Fsp3) is 0. The lowest BCUT2D eigenvalue weighted by Crippen LogP contribution is -1.97. The Labute approximate surface area is 438 Å². The molecule has 0 amide bonds. The van der Waals surface area contributed by atoms with Crippen molar-refractivity contribution in [3.63, 3.8) is 0 Å². The molecule has 0 fully saturated rings. The third-order valence-electron chi connectivity index (χ3n) is 14.1. The first-order valence-electron chi connectivity index (χ1n) is 21.9. The van der Waals surface area contributed by atoms with E-state index in [1.165, 1.54) is 0 Å². The van der Waals surface area contributed by atoms with E-state index < -0.39 is 282 Å². The molecular formula is C50H30O31. The number of phenols is 30. The van der Waals surface area contributed by atoms with Crippen molar-refractivity contribution in [3.8, 4) is 206 Å². The van der Waals surface area contributed by atoms with Crippen molar-refractivity contribution >= 4 is 75.8 Å². The van der Waals surface area contributed by atoms with E-state index in [-0.39, 0.29) is 0 Å². The molecule has 0 saturated heterocycles. The molecule has 0 bridgehead atoms. The normalized spacial score (nSPS) is 12.0. The minimum atomic E-state index is -1.99. The second-order valence-corrected chi connectivity index (χ2v) is 18.0. The SMILES string of the molecule is Oc1c(O)c(-c2c(O)c(O)c(O)c3c(O)c(O)c4c(O)c(O)c(O)c(O)c4c23)c(O)c(O)c1-c1c2c(O)c(O)c(O)c(O)c2c(-c2c(O)c(O)c(O)c3oc4c(O)c5c(O)c(O)c(O)c(O)c5c(O)c4c23)c2c(O)c(O)c(O)c(O)c12. The molecule has 0 unspecified atom stereocenters. The highest BCUT2D eigenvalue weighted by atomic mass is 16.4. The van der Waals surface area contributed by atoms with E-state index in [1.54, 1.807) is 0 Å². The molecule has 0 atom stereocenters. The molecule has 30 N–H and O–H groups in total. The van der Waals surface area contributed by atoms with Crippen LogP contribution >= 0.6 is 0 Å². The molecule has 0 spiro atoms. The van der Waals surface area contributed by atoms with E-state index in [4.69, 9.17) is 4.42 Å². The summed E-state index contributed by atoms with van der Waals surface area (Å²) >= 11 is 0. The van der Waals surface area contributed by atoms with Crippen LogP contribution < -0.4 is 0 Å². The predicted molar refractivity (Wildman–Crippen MR) is 268 cm³/mol. The van der Waals surface area contributed by atoms with Gasteiger partial charge in [0.25, 0.3) is 0 Å². The van der Waals surface area contributed by atoms with Crippen LogP contribution in [0.1, 0.15) is 0 Å². The number of fused-ring (bicyclic) bond motifs is 9. The van der Waals surface area contributed by atoms with Crippen molar-refractivity contribution < 1.29 is 158 Å². The van der Waals surface area contributed by atoms with E-state index in [9.17, 15) is 153 Å². The van der Waals surface area contributed by atoms with Gasteiger partial charge in [-0.1, -0.05) is 0 Å². The molecule has 0 aliphatic heterocycles. The van der Waals surface area contributed by atoms with Crippen LogP contribution in [-0.4, -0.2) is 153 Å². The molecule has 11 rings (SSSR count). The highest BCUT2D eigenvalue weighted by Crippen LogP contribution is 2.71. The Morgan fingerprint density at radius 2 is 0.321 bits per heavy atom. The second kappa shape index (κ2) is 15.5. The summed E-state index contributed by atoms with van der Waals surface area (Å²) in [7, 11) is 0. The van der Waals surface area contributed by atoms with E-state index in [1.807, 2.05) is 0 Å². The van der Waals surface area contributed by atoms with Crippen LogP contribution in [0.5, 0.6) is 172 Å². The Morgan fingerprint density at radius 1 is 0.111 bits per heavy atom. The monoisotopic (exact) mass is 1130 g/mol. The number of rotatable bonds is 3. The van der Waals surface area contributed by atoms with Gasteiger partial charge >= 0.3 is 0 Å². The summed E-state index contributed by atoms with van der Waals surface area (Å²) in [6, 6.07) is 0. The lowest BCUT2D eigenvalue weighted by Gasteiger charge is -2.25. The maximum absolute atomic E-state index is 12.2. The molecular weight excluding hydrogens is 1100 g/mol. The minimum absolute atomic E-state index is 1.11. The van der Waals surface area contributed by atoms with Crippen molar-refractivity contribution in [3.05, 3.63) is 0 Å². The standard InChI is InChI=1S/C50H30O31/c51-19-16-17(36(68)46(78)45(77)35(16)67)37(69)50-18(19)11-8(24(56)47(79)48(80)49(11)81-50)1-4-6(22(54)41(73)39(71)20(4)52)2(7-5(1)21(53)40(72)42(74)23(7)55)12-27(59)30(62)14(31(63)28(12)60)9-3-10-15(34(66)44(76)43(75)26(10)58)32(64)29(61)13(3)33(65)38(70)25(9)57/h51-80H. The minimum Gasteiger partial charge on any atom is -0.506 e. The fourth-order valence-corrected chi connectivity index (χ4v) is 10.5. The molecule has 0 aliphatic carbocycles. The van der Waals surface area contributed by atoms with Crippen molar-refractivity contribution in [1.29, 1.82) is 0 Å². The molecule has 31 heteroatoms. The zero-order valence-corrected chi connectivity index (χ0v) is 38.8. The first kappa shape index (κ1) is 50.5. The topological polar surface area (TPSA) is 620 Å². The number of benzene rings is 10. The van der Waals surface area contributed by atoms with Gasteiger partial charge in [-0.2, -0.15) is 0 Å². The summed E-state index contributed by atoms with van der Waals surface area (Å²) in [4.78, 5) is 0. The first-order valence-corrected chi connectivity index (χ1v) is 21.9. The molecule has 0 radical (unpaired) electrons. The van der Waals surface area contributed by atoms with Crippen LogP contribution in [0, 0.1) is 0 Å². The predicted octanol–water partition coefficient (Wildman–Crippen LogP) is 5.52. The summed E-state index contributed by atoms with van der Waals surface area (Å²) in [5, 5.41) is 324. The Balaban J connectivity index is 1.40. The van der Waals surface area contributed by atoms with E-state index >= 15 is 0 Å². The van der Waals surface area contributed by atoms with Crippen LogP contribution in [0.25, 0.3) is 109 Å². The number of phenolic OH excluding ortho intramolecular Hbond substituents is 30. The highest BCUT2D eigenvalue weighted by molar-refractivity contribution is 6.35. The second-order valence-electron chi connectivity index (χ2n) is 18.0. The van der Waals surface area contributed by atoms with Gasteiger partial charge in [-0.3, -0.25) is 0 Å². The molecule has 0 aliphatic rings. The van der Waals surface area contributed by atoms with Gasteiger partial charge < -0.3 is 158 Å². The molecule has 81 heavy (non-hydrogen) atoms. The molecule has 31 nitrogen and oxygen atoms in total. The van der Waals surface area contributed by atoms with Crippen molar-refractivity contribution in [2.45, 2.75) is 0 Å².